The maximum absolute atomic E-state index is 12.4. The second-order valence-electron chi connectivity index (χ2n) is 6.44. The molecule has 0 saturated heterocycles. The molecule has 0 saturated carbocycles. The van der Waals surface area contributed by atoms with Crippen LogP contribution in [-0.4, -0.2) is 30.7 Å². The fraction of sp³-hybridized carbons (Fsp3) is 0.278. The van der Waals surface area contributed by atoms with Gasteiger partial charge in [-0.05, 0) is 44.5 Å². The number of carbonyl (C=O) groups excluding carboxylic acids is 1. The van der Waals surface area contributed by atoms with Gasteiger partial charge in [0.1, 0.15) is 5.60 Å². The third-order valence-corrected chi connectivity index (χ3v) is 4.70. The van der Waals surface area contributed by atoms with Gasteiger partial charge < -0.3 is 4.74 Å². The van der Waals surface area contributed by atoms with E-state index in [9.17, 15) is 13.2 Å². The monoisotopic (exact) mass is 358 g/mol. The quantitative estimate of drug-likeness (QED) is 0.780. The summed E-state index contributed by atoms with van der Waals surface area (Å²) < 4.78 is 29.9. The summed E-state index contributed by atoms with van der Waals surface area (Å²) >= 11 is 0. The molecule has 0 aliphatic carbocycles. The predicted octanol–water partition coefficient (Wildman–Crippen LogP) is 2.74. The number of benzene rings is 1. The topological polar surface area (TPSA) is 97.1 Å². The summed E-state index contributed by atoms with van der Waals surface area (Å²) in [4.78, 5) is 15.7. The van der Waals surface area contributed by atoms with E-state index in [-0.39, 0.29) is 4.90 Å². The van der Waals surface area contributed by atoms with Gasteiger partial charge in [0.05, 0.1) is 16.5 Å². The number of nitrogens with zero attached hydrogens (tertiary/aromatic N) is 2. The molecule has 0 amide bonds. The third-order valence-electron chi connectivity index (χ3n) is 3.15. The van der Waals surface area contributed by atoms with Gasteiger partial charge >= 0.3 is 5.97 Å². The lowest BCUT2D eigenvalue weighted by Crippen LogP contribution is -2.28. The average molecular weight is 358 g/mol. The van der Waals surface area contributed by atoms with Gasteiger partial charge in [-0.3, -0.25) is 9.78 Å². The smallest absolute Gasteiger partial charge is 0.322 e. The van der Waals surface area contributed by atoms with Crippen LogP contribution in [0.25, 0.3) is 11.1 Å². The average Bonchev–Trinajstić information content (AvgIpc) is 2.53. The Bertz CT molecular complexity index is 921. The maximum Gasteiger partial charge on any atom is 0.322 e. The largest absolute Gasteiger partial charge is 0.459 e. The Kier molecular flexibility index (Phi) is 5.24. The summed E-state index contributed by atoms with van der Waals surface area (Å²) in [5.74, 6) is -1.56. The van der Waals surface area contributed by atoms with Crippen LogP contribution in [-0.2, 0) is 19.4 Å². The van der Waals surface area contributed by atoms with Gasteiger partial charge in [-0.25, -0.2) is 8.42 Å². The molecule has 1 aromatic heterocycles. The SMILES string of the molecule is CC(C)(C)OC(=O)CS(=O)(=O)c1cncc(-c2ccc(C#N)cc2)c1. The molecule has 0 fully saturated rings. The molecule has 0 aliphatic rings. The van der Waals surface area contributed by atoms with E-state index in [0.717, 1.165) is 5.56 Å². The van der Waals surface area contributed by atoms with Crippen LogP contribution in [0.2, 0.25) is 0 Å². The zero-order chi connectivity index (χ0) is 18.7. The van der Waals surface area contributed by atoms with Crippen molar-refractivity contribution in [1.82, 2.24) is 4.98 Å². The Morgan fingerprint density at radius 2 is 1.80 bits per heavy atom. The number of carbonyl (C=O) groups is 1. The molecule has 0 radical (unpaired) electrons. The number of hydrogen-bond donors (Lipinski definition) is 0. The predicted molar refractivity (Wildman–Crippen MR) is 92.3 cm³/mol. The van der Waals surface area contributed by atoms with Crippen LogP contribution in [0.4, 0.5) is 0 Å². The minimum absolute atomic E-state index is 0.0554. The van der Waals surface area contributed by atoms with Crippen molar-refractivity contribution in [2.45, 2.75) is 31.3 Å². The zero-order valence-electron chi connectivity index (χ0n) is 14.2. The van der Waals surface area contributed by atoms with Crippen molar-refractivity contribution in [2.24, 2.45) is 0 Å². The minimum Gasteiger partial charge on any atom is -0.459 e. The number of ether oxygens (including phenoxy) is 1. The van der Waals surface area contributed by atoms with Crippen LogP contribution in [0, 0.1) is 11.3 Å². The molecule has 7 heteroatoms. The summed E-state index contributed by atoms with van der Waals surface area (Å²) in [5.41, 5.74) is 1.05. The Hall–Kier alpha value is -2.72. The molecule has 6 nitrogen and oxygen atoms in total. The van der Waals surface area contributed by atoms with E-state index < -0.39 is 27.2 Å². The molecule has 0 spiro atoms. The van der Waals surface area contributed by atoms with Crippen molar-refractivity contribution in [1.29, 1.82) is 5.26 Å². The fourth-order valence-corrected chi connectivity index (χ4v) is 3.16. The lowest BCUT2D eigenvalue weighted by Gasteiger charge is -2.19. The standard InChI is InChI=1S/C18H18N2O4S/c1-18(2,3)24-17(21)12-25(22,23)16-8-15(10-20-11-16)14-6-4-13(9-19)5-7-14/h4-8,10-11H,12H2,1-3H3. The molecule has 0 aliphatic heterocycles. The number of pyridine rings is 1. The Balaban J connectivity index is 2.27. The van der Waals surface area contributed by atoms with E-state index in [0.29, 0.717) is 11.1 Å². The summed E-state index contributed by atoms with van der Waals surface area (Å²) in [6.07, 6.45) is 2.72. The molecule has 0 unspecified atom stereocenters. The molecule has 2 aromatic rings. The van der Waals surface area contributed by atoms with Crippen molar-refractivity contribution < 1.29 is 17.9 Å². The summed E-state index contributed by atoms with van der Waals surface area (Å²) in [6, 6.07) is 10.2. The minimum atomic E-state index is -3.86. The van der Waals surface area contributed by atoms with Gasteiger partial charge in [0.15, 0.2) is 15.6 Å². The molecule has 130 valence electrons. The van der Waals surface area contributed by atoms with Gasteiger partial charge in [0.25, 0.3) is 0 Å². The van der Waals surface area contributed by atoms with E-state index in [1.165, 1.54) is 18.5 Å². The zero-order valence-corrected chi connectivity index (χ0v) is 15.0. The van der Waals surface area contributed by atoms with Crippen LogP contribution in [0.15, 0.2) is 47.6 Å². The first-order chi connectivity index (χ1) is 11.6. The maximum atomic E-state index is 12.4. The highest BCUT2D eigenvalue weighted by Crippen LogP contribution is 2.22. The molecular formula is C18H18N2O4S. The number of esters is 1. The van der Waals surface area contributed by atoms with E-state index >= 15 is 0 Å². The molecular weight excluding hydrogens is 340 g/mol. The van der Waals surface area contributed by atoms with Crippen molar-refractivity contribution >= 4 is 15.8 Å². The first-order valence-corrected chi connectivity index (χ1v) is 9.16. The fourth-order valence-electron chi connectivity index (χ4n) is 2.09. The highest BCUT2D eigenvalue weighted by Gasteiger charge is 2.25. The molecule has 25 heavy (non-hydrogen) atoms. The van der Waals surface area contributed by atoms with E-state index in [2.05, 4.69) is 4.98 Å². The Labute approximate surface area is 147 Å². The second kappa shape index (κ2) is 7.03. The molecule has 0 bridgehead atoms. The van der Waals surface area contributed by atoms with Crippen LogP contribution >= 0.6 is 0 Å². The number of rotatable bonds is 4. The molecule has 2 rings (SSSR count). The van der Waals surface area contributed by atoms with Crippen molar-refractivity contribution in [2.75, 3.05) is 5.75 Å². The normalized spacial score (nSPS) is 11.6. The van der Waals surface area contributed by atoms with Crippen LogP contribution in [0.5, 0.6) is 0 Å². The second-order valence-corrected chi connectivity index (χ2v) is 8.43. The summed E-state index contributed by atoms with van der Waals surface area (Å²) in [5, 5.41) is 8.83. The molecule has 0 atom stereocenters. The number of hydrogen-bond acceptors (Lipinski definition) is 6. The Morgan fingerprint density at radius 3 is 2.36 bits per heavy atom. The Morgan fingerprint density at radius 1 is 1.16 bits per heavy atom. The van der Waals surface area contributed by atoms with Crippen LogP contribution in [0.1, 0.15) is 26.3 Å². The molecule has 1 heterocycles. The van der Waals surface area contributed by atoms with Gasteiger partial charge in [-0.2, -0.15) is 5.26 Å². The lowest BCUT2D eigenvalue weighted by molar-refractivity contribution is -0.151. The molecule has 0 N–H and O–H groups in total. The van der Waals surface area contributed by atoms with Crippen molar-refractivity contribution in [3.8, 4) is 17.2 Å². The van der Waals surface area contributed by atoms with E-state index in [4.69, 9.17) is 10.00 Å². The van der Waals surface area contributed by atoms with Crippen LogP contribution < -0.4 is 0 Å². The third kappa shape index (κ3) is 5.13. The summed E-state index contributed by atoms with van der Waals surface area (Å²) in [6.45, 7) is 5.01. The number of nitriles is 1. The lowest BCUT2D eigenvalue weighted by atomic mass is 10.1. The van der Waals surface area contributed by atoms with Gasteiger partial charge in [-0.15, -0.1) is 0 Å². The number of sulfone groups is 1. The van der Waals surface area contributed by atoms with Crippen molar-refractivity contribution in [3.05, 3.63) is 48.3 Å². The highest BCUT2D eigenvalue weighted by atomic mass is 32.2. The van der Waals surface area contributed by atoms with E-state index in [1.807, 2.05) is 6.07 Å². The van der Waals surface area contributed by atoms with Crippen molar-refractivity contribution in [3.63, 3.8) is 0 Å². The highest BCUT2D eigenvalue weighted by molar-refractivity contribution is 7.92. The van der Waals surface area contributed by atoms with Gasteiger partial charge in [-0.1, -0.05) is 12.1 Å². The van der Waals surface area contributed by atoms with Crippen LogP contribution in [0.3, 0.4) is 0 Å². The van der Waals surface area contributed by atoms with E-state index in [1.54, 1.807) is 45.0 Å². The van der Waals surface area contributed by atoms with Gasteiger partial charge in [0, 0.05) is 18.0 Å². The van der Waals surface area contributed by atoms with Gasteiger partial charge in [0.2, 0.25) is 0 Å². The molecule has 1 aromatic carbocycles. The summed E-state index contributed by atoms with van der Waals surface area (Å²) in [7, 11) is -3.86. The number of aromatic nitrogens is 1. The first kappa shape index (κ1) is 18.6. The first-order valence-electron chi connectivity index (χ1n) is 7.51.